The molecule has 5 rings (SSSR count). The van der Waals surface area contributed by atoms with E-state index in [0.29, 0.717) is 47.0 Å². The van der Waals surface area contributed by atoms with Crippen LogP contribution in [0.1, 0.15) is 12.8 Å². The number of rotatable bonds is 6. The Bertz CT molecular complexity index is 1470. The third-order valence-corrected chi connectivity index (χ3v) is 5.55. The molecule has 178 valence electrons. The predicted molar refractivity (Wildman–Crippen MR) is 127 cm³/mol. The number of pyridine rings is 1. The molecule has 10 nitrogen and oxygen atoms in total. The van der Waals surface area contributed by atoms with Gasteiger partial charge in [-0.3, -0.25) is 19.4 Å². The molecule has 35 heavy (non-hydrogen) atoms. The molecule has 0 saturated carbocycles. The van der Waals surface area contributed by atoms with Crippen LogP contribution >= 0.6 is 0 Å². The van der Waals surface area contributed by atoms with Gasteiger partial charge >= 0.3 is 0 Å². The monoisotopic (exact) mass is 475 g/mol. The number of nitrogens with one attached hydrogen (secondary N) is 1. The smallest absolute Gasteiger partial charge is 0.224 e. The van der Waals surface area contributed by atoms with Gasteiger partial charge in [0, 0.05) is 49.3 Å². The highest BCUT2D eigenvalue weighted by Gasteiger charge is 2.23. The summed E-state index contributed by atoms with van der Waals surface area (Å²) in [5, 5.41) is 6.98. The SMILES string of the molecule is COc1cc(OC)c(F)c(N(/C=C2\CCC(=O)N2)c2ccc3ncc(-c4cnn(C)c4)nc3n2)c1. The van der Waals surface area contributed by atoms with Gasteiger partial charge < -0.3 is 14.8 Å². The highest BCUT2D eigenvalue weighted by Crippen LogP contribution is 2.37. The van der Waals surface area contributed by atoms with E-state index in [9.17, 15) is 4.79 Å². The number of aromatic nitrogens is 5. The molecule has 1 aromatic carbocycles. The van der Waals surface area contributed by atoms with Crippen molar-refractivity contribution in [3.63, 3.8) is 0 Å². The number of halogens is 1. The molecule has 0 spiro atoms. The summed E-state index contributed by atoms with van der Waals surface area (Å²) in [7, 11) is 4.68. The number of benzene rings is 1. The van der Waals surface area contributed by atoms with Crippen molar-refractivity contribution in [3.05, 3.63) is 60.6 Å². The lowest BCUT2D eigenvalue weighted by Gasteiger charge is -2.23. The molecule has 1 aliphatic rings. The zero-order chi connectivity index (χ0) is 24.5. The number of ether oxygens (including phenoxy) is 2. The summed E-state index contributed by atoms with van der Waals surface area (Å²) < 4.78 is 27.7. The summed E-state index contributed by atoms with van der Waals surface area (Å²) >= 11 is 0. The fourth-order valence-electron chi connectivity index (χ4n) is 3.78. The lowest BCUT2D eigenvalue weighted by Crippen LogP contribution is -2.18. The maximum atomic E-state index is 15.5. The zero-order valence-corrected chi connectivity index (χ0v) is 19.3. The Morgan fingerprint density at radius 3 is 2.69 bits per heavy atom. The number of nitrogens with zero attached hydrogens (tertiary/aromatic N) is 6. The fraction of sp³-hybridized carbons (Fsp3) is 0.208. The van der Waals surface area contributed by atoms with E-state index in [1.54, 1.807) is 40.3 Å². The van der Waals surface area contributed by atoms with Gasteiger partial charge in [-0.1, -0.05) is 0 Å². The number of hydrogen-bond donors (Lipinski definition) is 1. The number of amides is 1. The Morgan fingerprint density at radius 1 is 1.14 bits per heavy atom. The van der Waals surface area contributed by atoms with E-state index >= 15 is 4.39 Å². The zero-order valence-electron chi connectivity index (χ0n) is 19.3. The van der Waals surface area contributed by atoms with Crippen molar-refractivity contribution in [2.45, 2.75) is 12.8 Å². The number of allylic oxidation sites excluding steroid dienone is 1. The molecule has 0 bridgehead atoms. The van der Waals surface area contributed by atoms with Crippen molar-refractivity contribution in [2.24, 2.45) is 7.05 Å². The second kappa shape index (κ2) is 9.01. The first-order valence-electron chi connectivity index (χ1n) is 10.8. The van der Waals surface area contributed by atoms with Crippen molar-refractivity contribution < 1.29 is 18.7 Å². The molecule has 0 unspecified atom stereocenters. The summed E-state index contributed by atoms with van der Waals surface area (Å²) in [6.07, 6.45) is 7.68. The van der Waals surface area contributed by atoms with E-state index in [2.05, 4.69) is 25.4 Å². The van der Waals surface area contributed by atoms with Gasteiger partial charge in [0.15, 0.2) is 17.2 Å². The number of anilines is 2. The van der Waals surface area contributed by atoms with Gasteiger partial charge in [-0.2, -0.15) is 5.10 Å². The molecule has 4 heterocycles. The molecular weight excluding hydrogens is 453 g/mol. The minimum Gasteiger partial charge on any atom is -0.497 e. The van der Waals surface area contributed by atoms with Crippen molar-refractivity contribution in [1.29, 1.82) is 0 Å². The van der Waals surface area contributed by atoms with Gasteiger partial charge in [0.2, 0.25) is 5.91 Å². The van der Waals surface area contributed by atoms with Gasteiger partial charge in [0.05, 0.1) is 38.0 Å². The third-order valence-electron chi connectivity index (χ3n) is 5.55. The van der Waals surface area contributed by atoms with E-state index < -0.39 is 5.82 Å². The van der Waals surface area contributed by atoms with Crippen LogP contribution in [-0.4, -0.2) is 44.9 Å². The molecule has 1 aliphatic heterocycles. The standard InChI is InChI=1S/C24H22FN7O3/c1-31-12-14(10-27-31)18-11-26-17-5-6-21(30-24(17)29-18)32(13-15-4-7-22(33)28-15)19-8-16(34-2)9-20(35-3)23(19)25/h5-6,8-13H,4,7H2,1-3H3,(H,28,33)/b15-13+. The molecular formula is C24H22FN7O3. The van der Waals surface area contributed by atoms with E-state index in [1.165, 1.54) is 26.4 Å². The normalized spacial score (nSPS) is 14.4. The Kier molecular flexibility index (Phi) is 5.73. The highest BCUT2D eigenvalue weighted by molar-refractivity contribution is 5.82. The van der Waals surface area contributed by atoms with Crippen molar-refractivity contribution in [3.8, 4) is 22.8 Å². The minimum absolute atomic E-state index is 0.0117. The summed E-state index contributed by atoms with van der Waals surface area (Å²) in [5.41, 5.74) is 3.12. The lowest BCUT2D eigenvalue weighted by atomic mass is 10.2. The number of hydrogen-bond acceptors (Lipinski definition) is 8. The van der Waals surface area contributed by atoms with Gasteiger partial charge in [0.1, 0.15) is 17.1 Å². The molecule has 1 saturated heterocycles. The maximum absolute atomic E-state index is 15.5. The van der Waals surface area contributed by atoms with Crippen LogP contribution in [0.2, 0.25) is 0 Å². The number of methoxy groups -OCH3 is 2. The van der Waals surface area contributed by atoms with Gasteiger partial charge in [0.25, 0.3) is 0 Å². The lowest BCUT2D eigenvalue weighted by molar-refractivity contribution is -0.118. The quantitative estimate of drug-likeness (QED) is 0.452. The molecule has 4 aromatic rings. The van der Waals surface area contributed by atoms with Crippen molar-refractivity contribution in [2.75, 3.05) is 19.1 Å². The van der Waals surface area contributed by atoms with Gasteiger partial charge in [-0.25, -0.2) is 14.4 Å². The van der Waals surface area contributed by atoms with Crippen LogP contribution in [-0.2, 0) is 11.8 Å². The summed E-state index contributed by atoms with van der Waals surface area (Å²) in [6.45, 7) is 0. The number of fused-ring (bicyclic) bond motifs is 1. The van der Waals surface area contributed by atoms with Crippen LogP contribution in [0.25, 0.3) is 22.4 Å². The number of aryl methyl sites for hydroxylation is 1. The molecule has 3 aromatic heterocycles. The Hall–Kier alpha value is -4.54. The van der Waals surface area contributed by atoms with Crippen molar-refractivity contribution in [1.82, 2.24) is 30.0 Å². The van der Waals surface area contributed by atoms with Gasteiger partial charge in [-0.05, 0) is 18.6 Å². The van der Waals surface area contributed by atoms with E-state index in [0.717, 1.165) is 5.56 Å². The number of carbonyl (C=O) groups excluding carboxylic acids is 1. The summed E-state index contributed by atoms with van der Waals surface area (Å²) in [4.78, 5) is 27.1. The summed E-state index contributed by atoms with van der Waals surface area (Å²) in [5.74, 6) is 0.0807. The largest absolute Gasteiger partial charge is 0.497 e. The second-order valence-electron chi connectivity index (χ2n) is 7.91. The minimum atomic E-state index is -0.605. The van der Waals surface area contributed by atoms with Crippen LogP contribution in [0.3, 0.4) is 0 Å². The molecule has 0 atom stereocenters. The predicted octanol–water partition coefficient (Wildman–Crippen LogP) is 3.47. The van der Waals surface area contributed by atoms with Crippen molar-refractivity contribution >= 4 is 28.6 Å². The van der Waals surface area contributed by atoms with Crippen LogP contribution in [0.15, 0.2) is 54.8 Å². The highest BCUT2D eigenvalue weighted by atomic mass is 19.1. The Morgan fingerprint density at radius 2 is 2.00 bits per heavy atom. The van der Waals surface area contributed by atoms with E-state index in [1.807, 2.05) is 13.2 Å². The Labute approximate surface area is 200 Å². The van der Waals surface area contributed by atoms with E-state index in [-0.39, 0.29) is 17.3 Å². The average Bonchev–Trinajstić information content (AvgIpc) is 3.50. The molecule has 11 heteroatoms. The van der Waals surface area contributed by atoms with Crippen LogP contribution in [0.4, 0.5) is 15.9 Å². The Balaban J connectivity index is 1.66. The summed E-state index contributed by atoms with van der Waals surface area (Å²) in [6, 6.07) is 6.46. The first-order chi connectivity index (χ1) is 16.9. The molecule has 0 aliphatic carbocycles. The van der Waals surface area contributed by atoms with Crippen LogP contribution in [0, 0.1) is 5.82 Å². The van der Waals surface area contributed by atoms with E-state index in [4.69, 9.17) is 9.47 Å². The molecule has 0 radical (unpaired) electrons. The topological polar surface area (TPSA) is 107 Å². The maximum Gasteiger partial charge on any atom is 0.224 e. The van der Waals surface area contributed by atoms with Gasteiger partial charge in [-0.15, -0.1) is 0 Å². The third kappa shape index (κ3) is 4.35. The second-order valence-corrected chi connectivity index (χ2v) is 7.91. The first-order valence-corrected chi connectivity index (χ1v) is 10.8. The average molecular weight is 475 g/mol. The first kappa shape index (κ1) is 22.3. The van der Waals surface area contributed by atoms with Crippen LogP contribution < -0.4 is 19.7 Å². The fourth-order valence-corrected chi connectivity index (χ4v) is 3.78. The van der Waals surface area contributed by atoms with Crippen LogP contribution in [0.5, 0.6) is 11.5 Å². The molecule has 1 amide bonds. The number of carbonyl (C=O) groups is 1. The molecule has 1 fully saturated rings. The molecule has 1 N–H and O–H groups in total.